The Morgan fingerprint density at radius 1 is 1.06 bits per heavy atom. The average Bonchev–Trinajstić information content (AvgIpc) is 2.76. The van der Waals surface area contributed by atoms with Crippen molar-refractivity contribution < 1.29 is 17.9 Å². The lowest BCUT2D eigenvalue weighted by Crippen LogP contribution is -2.27. The van der Waals surface area contributed by atoms with E-state index < -0.39 is 21.3 Å². The van der Waals surface area contributed by atoms with Gasteiger partial charge in [-0.3, -0.25) is 14.3 Å². The molecule has 0 bridgehead atoms. The van der Waals surface area contributed by atoms with Gasteiger partial charge < -0.3 is 9.47 Å². The van der Waals surface area contributed by atoms with Gasteiger partial charge in [-0.1, -0.05) is 26.8 Å². The van der Waals surface area contributed by atoms with Gasteiger partial charge in [-0.25, -0.2) is 18.0 Å². The van der Waals surface area contributed by atoms with Gasteiger partial charge in [0.1, 0.15) is 11.5 Å². The molecule has 3 rings (SSSR count). The standard InChI is InChI=1S/C24H28N4O6S/c1-24(2,3)19-13-17(28-10-9-21(29)26-23(28)30)12-18(22(19)34-5)15-7-8-20(33-4)16(11-15)14-25-27-35(6,31)32/h7-14,27H,1-6H3,(H,26,29,30)/b25-14+. The average molecular weight is 501 g/mol. The molecule has 0 saturated heterocycles. The van der Waals surface area contributed by atoms with E-state index in [9.17, 15) is 18.0 Å². The first kappa shape index (κ1) is 25.8. The minimum absolute atomic E-state index is 0.349. The molecule has 0 aliphatic heterocycles. The Hall–Kier alpha value is -3.86. The van der Waals surface area contributed by atoms with Gasteiger partial charge in [0.05, 0.1) is 32.4 Å². The number of benzene rings is 2. The number of nitrogens with zero attached hydrogens (tertiary/aromatic N) is 2. The van der Waals surface area contributed by atoms with E-state index in [1.165, 1.54) is 30.2 Å². The van der Waals surface area contributed by atoms with Crippen molar-refractivity contribution in [3.05, 3.63) is 74.6 Å². The molecule has 11 heteroatoms. The summed E-state index contributed by atoms with van der Waals surface area (Å²) in [6, 6.07) is 10.2. The first-order valence-electron chi connectivity index (χ1n) is 10.6. The van der Waals surface area contributed by atoms with E-state index in [4.69, 9.17) is 9.47 Å². The highest BCUT2D eigenvalue weighted by atomic mass is 32.2. The monoisotopic (exact) mass is 500 g/mol. The molecule has 0 saturated carbocycles. The maximum absolute atomic E-state index is 12.5. The van der Waals surface area contributed by atoms with Gasteiger partial charge in [0.15, 0.2) is 0 Å². The molecule has 0 unspecified atom stereocenters. The minimum Gasteiger partial charge on any atom is -0.496 e. The molecule has 2 N–H and O–H groups in total. The second-order valence-electron chi connectivity index (χ2n) is 8.88. The molecule has 1 aromatic heterocycles. The number of rotatable bonds is 7. The van der Waals surface area contributed by atoms with E-state index in [-0.39, 0.29) is 5.41 Å². The van der Waals surface area contributed by atoms with Crippen LogP contribution >= 0.6 is 0 Å². The number of ether oxygens (including phenoxy) is 2. The Labute approximate surface area is 203 Å². The molecule has 0 aliphatic rings. The van der Waals surface area contributed by atoms with Gasteiger partial charge in [0, 0.05) is 29.0 Å². The Bertz CT molecular complexity index is 1500. The smallest absolute Gasteiger partial charge is 0.332 e. The van der Waals surface area contributed by atoms with E-state index in [1.807, 2.05) is 32.9 Å². The number of hydrazone groups is 1. The van der Waals surface area contributed by atoms with Gasteiger partial charge in [0.2, 0.25) is 10.0 Å². The van der Waals surface area contributed by atoms with E-state index in [2.05, 4.69) is 14.9 Å². The zero-order chi connectivity index (χ0) is 26.0. The molecule has 186 valence electrons. The van der Waals surface area contributed by atoms with Crippen molar-refractivity contribution in [1.29, 1.82) is 0 Å². The van der Waals surface area contributed by atoms with Crippen molar-refractivity contribution in [2.24, 2.45) is 5.10 Å². The fraction of sp³-hybridized carbons (Fsp3) is 0.292. The second kappa shape index (κ2) is 9.79. The fourth-order valence-corrected chi connectivity index (χ4v) is 3.80. The molecule has 0 fully saturated rings. The van der Waals surface area contributed by atoms with Gasteiger partial charge in [-0.2, -0.15) is 5.10 Å². The van der Waals surface area contributed by atoms with E-state index in [1.54, 1.807) is 25.3 Å². The van der Waals surface area contributed by atoms with Crippen LogP contribution < -0.4 is 25.6 Å². The SMILES string of the molecule is COc1ccc(-c2cc(-n3ccc(=O)[nH]c3=O)cc(C(C)(C)C)c2OC)cc1/C=N/NS(C)(=O)=O. The van der Waals surface area contributed by atoms with Gasteiger partial charge in [-0.15, -0.1) is 0 Å². The van der Waals surface area contributed by atoms with Crippen molar-refractivity contribution >= 4 is 16.2 Å². The quantitative estimate of drug-likeness (QED) is 0.378. The third-order valence-corrected chi connectivity index (χ3v) is 5.59. The molecule has 3 aromatic rings. The number of aromatic amines is 1. The molecular weight excluding hydrogens is 472 g/mol. The Kier molecular flexibility index (Phi) is 7.20. The topological polar surface area (TPSA) is 132 Å². The van der Waals surface area contributed by atoms with E-state index in [0.29, 0.717) is 33.9 Å². The maximum atomic E-state index is 12.5. The zero-order valence-electron chi connectivity index (χ0n) is 20.4. The Balaban J connectivity index is 2.29. The molecule has 35 heavy (non-hydrogen) atoms. The van der Waals surface area contributed by atoms with E-state index in [0.717, 1.165) is 11.8 Å². The molecule has 1 heterocycles. The van der Waals surface area contributed by atoms with Crippen molar-refractivity contribution in [2.75, 3.05) is 20.5 Å². The summed E-state index contributed by atoms with van der Waals surface area (Å²) in [4.78, 5) is 28.4. The summed E-state index contributed by atoms with van der Waals surface area (Å²) < 4.78 is 35.3. The Morgan fingerprint density at radius 3 is 2.34 bits per heavy atom. The second-order valence-corrected chi connectivity index (χ2v) is 10.6. The summed E-state index contributed by atoms with van der Waals surface area (Å²) in [5, 5.41) is 3.79. The Morgan fingerprint density at radius 2 is 1.77 bits per heavy atom. The summed E-state index contributed by atoms with van der Waals surface area (Å²) in [7, 11) is -0.449. The first-order chi connectivity index (χ1) is 16.3. The zero-order valence-corrected chi connectivity index (χ0v) is 21.2. The van der Waals surface area contributed by atoms with Crippen LogP contribution in [0.2, 0.25) is 0 Å². The molecule has 0 atom stereocenters. The van der Waals surface area contributed by atoms with Crippen molar-refractivity contribution in [1.82, 2.24) is 14.4 Å². The number of nitrogens with one attached hydrogen (secondary N) is 2. The number of H-pyrrole nitrogens is 1. The van der Waals surface area contributed by atoms with Crippen LogP contribution in [0.4, 0.5) is 0 Å². The maximum Gasteiger partial charge on any atom is 0.332 e. The summed E-state index contributed by atoms with van der Waals surface area (Å²) in [6.07, 6.45) is 3.76. The molecule has 0 spiro atoms. The summed E-state index contributed by atoms with van der Waals surface area (Å²) in [5.41, 5.74) is 1.90. The van der Waals surface area contributed by atoms with Gasteiger partial charge >= 0.3 is 5.69 Å². The number of methoxy groups -OCH3 is 2. The molecule has 10 nitrogen and oxygen atoms in total. The van der Waals surface area contributed by atoms with Crippen molar-refractivity contribution in [3.8, 4) is 28.3 Å². The largest absolute Gasteiger partial charge is 0.496 e. The molecular formula is C24H28N4O6S. The van der Waals surface area contributed by atoms with Gasteiger partial charge in [0.25, 0.3) is 5.56 Å². The minimum atomic E-state index is -3.52. The third-order valence-electron chi connectivity index (χ3n) is 5.15. The number of sulfonamides is 1. The van der Waals surface area contributed by atoms with Crippen LogP contribution in [-0.2, 0) is 15.4 Å². The lowest BCUT2D eigenvalue weighted by atomic mass is 9.83. The fourth-order valence-electron chi connectivity index (χ4n) is 3.56. The van der Waals surface area contributed by atoms with Crippen LogP contribution in [0.25, 0.3) is 16.8 Å². The van der Waals surface area contributed by atoms with Crippen molar-refractivity contribution in [2.45, 2.75) is 26.2 Å². The molecule has 0 radical (unpaired) electrons. The highest BCUT2D eigenvalue weighted by Gasteiger charge is 2.24. The van der Waals surface area contributed by atoms with Crippen LogP contribution in [0.5, 0.6) is 11.5 Å². The van der Waals surface area contributed by atoms with Crippen molar-refractivity contribution in [3.63, 3.8) is 0 Å². The number of hydrogen-bond acceptors (Lipinski definition) is 7. The first-order valence-corrected chi connectivity index (χ1v) is 12.5. The normalized spacial score (nSPS) is 12.1. The van der Waals surface area contributed by atoms with E-state index >= 15 is 0 Å². The lowest BCUT2D eigenvalue weighted by molar-refractivity contribution is 0.399. The summed E-state index contributed by atoms with van der Waals surface area (Å²) in [5.74, 6) is 1.09. The molecule has 2 aromatic carbocycles. The highest BCUT2D eigenvalue weighted by molar-refractivity contribution is 7.88. The predicted molar refractivity (Wildman–Crippen MR) is 135 cm³/mol. The van der Waals surface area contributed by atoms with Gasteiger partial charge in [-0.05, 0) is 35.2 Å². The summed E-state index contributed by atoms with van der Waals surface area (Å²) >= 11 is 0. The predicted octanol–water partition coefficient (Wildman–Crippen LogP) is 2.39. The van der Waals surface area contributed by atoms with Crippen LogP contribution in [0.15, 0.2) is 57.3 Å². The number of aromatic nitrogens is 2. The highest BCUT2D eigenvalue weighted by Crippen LogP contribution is 2.41. The van der Waals surface area contributed by atoms with Crippen LogP contribution in [-0.4, -0.2) is 44.7 Å². The molecule has 0 amide bonds. The third kappa shape index (κ3) is 5.99. The van der Waals surface area contributed by atoms with Crippen LogP contribution in [0.1, 0.15) is 31.9 Å². The van der Waals surface area contributed by atoms with Crippen LogP contribution in [0.3, 0.4) is 0 Å². The molecule has 0 aliphatic carbocycles. The summed E-state index contributed by atoms with van der Waals surface area (Å²) in [6.45, 7) is 6.07. The lowest BCUT2D eigenvalue weighted by Gasteiger charge is -2.26. The van der Waals surface area contributed by atoms with Crippen LogP contribution in [0, 0.1) is 0 Å². The number of hydrogen-bond donors (Lipinski definition) is 2.